The van der Waals surface area contributed by atoms with Gasteiger partial charge in [-0.3, -0.25) is 4.79 Å². The minimum absolute atomic E-state index is 0.0667. The van der Waals surface area contributed by atoms with Crippen molar-refractivity contribution in [1.82, 2.24) is 14.9 Å². The number of ether oxygens (including phenoxy) is 1. The number of rotatable bonds is 8. The van der Waals surface area contributed by atoms with Gasteiger partial charge < -0.3 is 9.26 Å². The maximum Gasteiger partial charge on any atom is 0.258 e. The zero-order valence-electron chi connectivity index (χ0n) is 19.7. The Labute approximate surface area is 204 Å². The predicted octanol–water partition coefficient (Wildman–Crippen LogP) is 3.95. The number of fused-ring (bicyclic) bond motifs is 1. The monoisotopic (exact) mass is 494 g/mol. The third kappa shape index (κ3) is 5.58. The Morgan fingerprint density at radius 1 is 1.31 bits per heavy atom. The van der Waals surface area contributed by atoms with Crippen molar-refractivity contribution >= 4 is 15.8 Å². The van der Waals surface area contributed by atoms with Gasteiger partial charge in [-0.1, -0.05) is 23.4 Å². The number of nitriles is 1. The van der Waals surface area contributed by atoms with Crippen molar-refractivity contribution in [3.05, 3.63) is 53.1 Å². The molecule has 0 spiro atoms. The van der Waals surface area contributed by atoms with Crippen molar-refractivity contribution in [3.63, 3.8) is 0 Å². The van der Waals surface area contributed by atoms with Crippen LogP contribution in [0.1, 0.15) is 56.3 Å². The van der Waals surface area contributed by atoms with Crippen LogP contribution >= 0.6 is 0 Å². The zero-order valence-corrected chi connectivity index (χ0v) is 20.6. The second-order valence-electron chi connectivity index (χ2n) is 8.81. The summed E-state index contributed by atoms with van der Waals surface area (Å²) in [7, 11) is -3.74. The summed E-state index contributed by atoms with van der Waals surface area (Å²) in [5, 5.41) is 13.7. The Hall–Kier alpha value is -3.55. The first-order chi connectivity index (χ1) is 16.7. The first-order valence-corrected chi connectivity index (χ1v) is 13.0. The third-order valence-electron chi connectivity index (χ3n) is 5.60. The van der Waals surface area contributed by atoms with E-state index in [-0.39, 0.29) is 12.0 Å². The van der Waals surface area contributed by atoms with Crippen LogP contribution < -0.4 is 9.46 Å². The van der Waals surface area contributed by atoms with E-state index in [1.54, 1.807) is 18.2 Å². The van der Waals surface area contributed by atoms with Gasteiger partial charge in [0.1, 0.15) is 23.4 Å². The van der Waals surface area contributed by atoms with E-state index in [1.807, 2.05) is 32.0 Å². The van der Waals surface area contributed by atoms with Gasteiger partial charge in [-0.05, 0) is 69.4 Å². The number of hydrogen-bond donors (Lipinski definition) is 1. The molecule has 0 aliphatic heterocycles. The number of sulfonamides is 1. The van der Waals surface area contributed by atoms with Crippen LogP contribution in [0.4, 0.5) is 0 Å². The fourth-order valence-electron chi connectivity index (χ4n) is 4.26. The van der Waals surface area contributed by atoms with E-state index in [4.69, 9.17) is 9.26 Å². The number of Topliss-reactive ketones (excluding diaryl/α,β-unsaturated/α-hetero) is 1. The summed E-state index contributed by atoms with van der Waals surface area (Å²) in [5.74, 6) is 0.175. The Kier molecular flexibility index (Phi) is 7.00. The molecule has 0 bridgehead atoms. The van der Waals surface area contributed by atoms with Crippen molar-refractivity contribution in [2.24, 2.45) is 0 Å². The van der Waals surface area contributed by atoms with Gasteiger partial charge in [-0.15, -0.1) is 0 Å². The highest BCUT2D eigenvalue weighted by atomic mass is 32.2. The average molecular weight is 495 g/mol. The molecule has 1 aromatic heterocycles. The van der Waals surface area contributed by atoms with Gasteiger partial charge in [0.15, 0.2) is 0 Å². The number of carbonyl (C=O) groups excluding carboxylic acids is 1. The van der Waals surface area contributed by atoms with E-state index >= 15 is 0 Å². The van der Waals surface area contributed by atoms with Gasteiger partial charge >= 0.3 is 0 Å². The molecule has 182 valence electrons. The molecule has 0 saturated heterocycles. The summed E-state index contributed by atoms with van der Waals surface area (Å²) in [6.07, 6.45) is 2.07. The molecule has 4 rings (SSSR count). The fraction of sp³-hybridized carbons (Fsp3) is 0.360. The number of nitrogens with zero attached hydrogens (tertiary/aromatic N) is 3. The van der Waals surface area contributed by atoms with Gasteiger partial charge in [0.25, 0.3) is 5.89 Å². The van der Waals surface area contributed by atoms with Gasteiger partial charge in [-0.2, -0.15) is 10.2 Å². The Morgan fingerprint density at radius 3 is 2.83 bits per heavy atom. The van der Waals surface area contributed by atoms with Gasteiger partial charge in [0.05, 0.1) is 11.7 Å². The van der Waals surface area contributed by atoms with Crippen LogP contribution in [0, 0.1) is 11.3 Å². The van der Waals surface area contributed by atoms with Crippen LogP contribution in [0.5, 0.6) is 5.75 Å². The Balaban J connectivity index is 1.65. The predicted molar refractivity (Wildman–Crippen MR) is 129 cm³/mol. The van der Waals surface area contributed by atoms with Crippen molar-refractivity contribution in [1.29, 1.82) is 5.26 Å². The van der Waals surface area contributed by atoms with Crippen LogP contribution in [-0.4, -0.2) is 36.2 Å². The molecule has 1 atom stereocenters. The highest BCUT2D eigenvalue weighted by Crippen LogP contribution is 2.36. The van der Waals surface area contributed by atoms with Crippen LogP contribution in [0.15, 0.2) is 40.9 Å². The maximum atomic E-state index is 12.4. The molecule has 1 aliphatic carbocycles. The molecule has 0 unspecified atom stereocenters. The third-order valence-corrected chi connectivity index (χ3v) is 7.03. The van der Waals surface area contributed by atoms with E-state index < -0.39 is 27.6 Å². The number of carbonyl (C=O) groups is 1. The van der Waals surface area contributed by atoms with Crippen molar-refractivity contribution in [2.75, 3.05) is 5.75 Å². The zero-order chi connectivity index (χ0) is 25.2. The van der Waals surface area contributed by atoms with Crippen LogP contribution in [0.25, 0.3) is 22.8 Å². The van der Waals surface area contributed by atoms with E-state index in [9.17, 15) is 18.5 Å². The lowest BCUT2D eigenvalue weighted by atomic mass is 9.85. The molecule has 10 heteroatoms. The number of aromatic nitrogens is 2. The SMILES string of the molecule is CC(=O)CS(=O)(=O)N[C@@H]1CCCc2c(-c3noc(-c4ccc(OC(C)C)c(C#N)c4)n3)cccc21. The Morgan fingerprint density at radius 2 is 2.11 bits per heavy atom. The highest BCUT2D eigenvalue weighted by molar-refractivity contribution is 7.90. The van der Waals surface area contributed by atoms with Crippen molar-refractivity contribution < 1.29 is 22.5 Å². The summed E-state index contributed by atoms with van der Waals surface area (Å²) in [6.45, 7) is 5.03. The molecule has 9 nitrogen and oxygen atoms in total. The molecule has 0 fully saturated rings. The van der Waals surface area contributed by atoms with Crippen LogP contribution in [-0.2, 0) is 21.2 Å². The summed E-state index contributed by atoms with van der Waals surface area (Å²) < 4.78 is 38.6. The number of nitrogens with one attached hydrogen (secondary N) is 1. The molecule has 1 aliphatic rings. The smallest absolute Gasteiger partial charge is 0.258 e. The molecule has 3 aromatic rings. The normalized spacial score (nSPS) is 15.5. The molecule has 0 saturated carbocycles. The topological polar surface area (TPSA) is 135 Å². The number of benzene rings is 2. The first kappa shape index (κ1) is 24.6. The van der Waals surface area contributed by atoms with Gasteiger partial charge in [0, 0.05) is 17.2 Å². The van der Waals surface area contributed by atoms with E-state index in [2.05, 4.69) is 20.9 Å². The molecular weight excluding hydrogens is 468 g/mol. The molecular formula is C25H26N4O5S. The summed E-state index contributed by atoms with van der Waals surface area (Å²) in [6, 6.07) is 12.4. The van der Waals surface area contributed by atoms with Crippen molar-refractivity contribution in [2.45, 2.75) is 52.2 Å². The minimum atomic E-state index is -3.74. The molecule has 0 radical (unpaired) electrons. The van der Waals surface area contributed by atoms with Gasteiger partial charge in [0.2, 0.25) is 15.8 Å². The molecule has 0 amide bonds. The van der Waals surface area contributed by atoms with Gasteiger partial charge in [-0.25, -0.2) is 13.1 Å². The second kappa shape index (κ2) is 9.98. The lowest BCUT2D eigenvalue weighted by Crippen LogP contribution is -2.34. The lowest BCUT2D eigenvalue weighted by molar-refractivity contribution is -0.114. The minimum Gasteiger partial charge on any atom is -0.490 e. The quantitative estimate of drug-likeness (QED) is 0.497. The second-order valence-corrected chi connectivity index (χ2v) is 10.6. The van der Waals surface area contributed by atoms with Crippen LogP contribution in [0.2, 0.25) is 0 Å². The van der Waals surface area contributed by atoms with E-state index in [0.717, 1.165) is 29.5 Å². The lowest BCUT2D eigenvalue weighted by Gasteiger charge is -2.27. The molecule has 1 N–H and O–H groups in total. The first-order valence-electron chi connectivity index (χ1n) is 11.3. The van der Waals surface area contributed by atoms with Crippen molar-refractivity contribution in [3.8, 4) is 34.7 Å². The standard InChI is InChI=1S/C25H26N4O5S/c1-15(2)33-23-11-10-17(12-18(23)13-26)25-27-24(28-34-25)21-8-4-7-20-19(21)6-5-9-22(20)29-35(31,32)14-16(3)30/h4,7-8,10-12,15,22,29H,5-6,9,14H2,1-3H3/t22-/m1/s1. The highest BCUT2D eigenvalue weighted by Gasteiger charge is 2.28. The molecule has 1 heterocycles. The average Bonchev–Trinajstić information content (AvgIpc) is 3.28. The summed E-state index contributed by atoms with van der Waals surface area (Å²) in [4.78, 5) is 15.9. The molecule has 35 heavy (non-hydrogen) atoms. The van der Waals surface area contributed by atoms with Crippen LogP contribution in [0.3, 0.4) is 0 Å². The summed E-state index contributed by atoms with van der Waals surface area (Å²) in [5.41, 5.74) is 3.51. The summed E-state index contributed by atoms with van der Waals surface area (Å²) >= 11 is 0. The number of hydrogen-bond acceptors (Lipinski definition) is 8. The van der Waals surface area contributed by atoms with E-state index in [1.165, 1.54) is 6.92 Å². The molecule has 2 aromatic carbocycles. The van der Waals surface area contributed by atoms with E-state index in [0.29, 0.717) is 29.1 Å². The Bertz CT molecular complexity index is 1410. The fourth-order valence-corrected chi connectivity index (χ4v) is 5.56. The maximum absolute atomic E-state index is 12.4. The largest absolute Gasteiger partial charge is 0.490 e. The number of ketones is 1.